The van der Waals surface area contributed by atoms with Gasteiger partial charge in [0, 0.05) is 15.6 Å². The smallest absolute Gasteiger partial charge is 0.234 e. The Morgan fingerprint density at radius 3 is 2.63 bits per heavy atom. The van der Waals surface area contributed by atoms with Crippen molar-refractivity contribution in [3.8, 4) is 0 Å². The number of hydrogen-bond acceptors (Lipinski definition) is 2. The van der Waals surface area contributed by atoms with Crippen molar-refractivity contribution in [1.82, 2.24) is 0 Å². The third-order valence-electron chi connectivity index (χ3n) is 2.50. The number of halogens is 1. The molecule has 0 unspecified atom stereocenters. The summed E-state index contributed by atoms with van der Waals surface area (Å²) in [4.78, 5) is 12.9. The molecule has 98 valence electrons. The second-order valence-electron chi connectivity index (χ2n) is 4.16. The average molecular weight is 292 g/mol. The Hall–Kier alpha value is -1.45. The number of carbonyl (C=O) groups is 1. The van der Waals surface area contributed by atoms with Crippen LogP contribution in [0.5, 0.6) is 0 Å². The lowest BCUT2D eigenvalue weighted by molar-refractivity contribution is -0.113. The van der Waals surface area contributed by atoms with Gasteiger partial charge in [-0.25, -0.2) is 0 Å². The molecule has 0 bridgehead atoms. The minimum absolute atomic E-state index is 0.0344. The SMILES string of the molecule is Cc1ccc(SCC(=O)Nc2cccc(Cl)c2)cc1. The number of anilines is 1. The summed E-state index contributed by atoms with van der Waals surface area (Å²) in [6.07, 6.45) is 0. The van der Waals surface area contributed by atoms with Gasteiger partial charge in [-0.15, -0.1) is 11.8 Å². The molecule has 2 aromatic rings. The molecule has 0 spiro atoms. The fourth-order valence-corrected chi connectivity index (χ4v) is 2.44. The zero-order valence-electron chi connectivity index (χ0n) is 10.5. The maximum Gasteiger partial charge on any atom is 0.234 e. The van der Waals surface area contributed by atoms with E-state index in [2.05, 4.69) is 5.32 Å². The van der Waals surface area contributed by atoms with Gasteiger partial charge in [0.1, 0.15) is 0 Å². The highest BCUT2D eigenvalue weighted by Crippen LogP contribution is 2.19. The van der Waals surface area contributed by atoms with Gasteiger partial charge in [0.05, 0.1) is 5.75 Å². The van der Waals surface area contributed by atoms with Crippen molar-refractivity contribution in [3.63, 3.8) is 0 Å². The summed E-state index contributed by atoms with van der Waals surface area (Å²) in [5.74, 6) is 0.350. The van der Waals surface area contributed by atoms with Crippen molar-refractivity contribution in [2.24, 2.45) is 0 Å². The van der Waals surface area contributed by atoms with Crippen LogP contribution in [-0.4, -0.2) is 11.7 Å². The van der Waals surface area contributed by atoms with Gasteiger partial charge in [0.25, 0.3) is 0 Å². The Kier molecular flexibility index (Phi) is 4.88. The van der Waals surface area contributed by atoms with Crippen molar-refractivity contribution in [1.29, 1.82) is 0 Å². The number of thioether (sulfide) groups is 1. The molecule has 19 heavy (non-hydrogen) atoms. The quantitative estimate of drug-likeness (QED) is 0.847. The molecular weight excluding hydrogens is 278 g/mol. The van der Waals surface area contributed by atoms with Crippen LogP contribution in [0.2, 0.25) is 5.02 Å². The predicted molar refractivity (Wildman–Crippen MR) is 82.0 cm³/mol. The fraction of sp³-hybridized carbons (Fsp3) is 0.133. The molecule has 1 N–H and O–H groups in total. The highest BCUT2D eigenvalue weighted by Gasteiger charge is 2.04. The van der Waals surface area contributed by atoms with E-state index in [9.17, 15) is 4.79 Å². The summed E-state index contributed by atoms with van der Waals surface area (Å²) in [6, 6.07) is 15.3. The van der Waals surface area contributed by atoms with E-state index < -0.39 is 0 Å². The lowest BCUT2D eigenvalue weighted by Gasteiger charge is -2.05. The van der Waals surface area contributed by atoms with E-state index >= 15 is 0 Å². The van der Waals surface area contributed by atoms with Gasteiger partial charge in [-0.2, -0.15) is 0 Å². The van der Waals surface area contributed by atoms with E-state index in [1.165, 1.54) is 17.3 Å². The number of rotatable bonds is 4. The molecule has 2 rings (SSSR count). The van der Waals surface area contributed by atoms with Crippen molar-refractivity contribution in [2.45, 2.75) is 11.8 Å². The first-order chi connectivity index (χ1) is 9.13. The molecule has 0 saturated heterocycles. The zero-order valence-corrected chi connectivity index (χ0v) is 12.1. The third kappa shape index (κ3) is 4.62. The topological polar surface area (TPSA) is 29.1 Å². The molecule has 0 aliphatic heterocycles. The zero-order chi connectivity index (χ0) is 13.7. The van der Waals surface area contributed by atoms with Gasteiger partial charge < -0.3 is 5.32 Å². The molecule has 0 heterocycles. The van der Waals surface area contributed by atoms with Crippen molar-refractivity contribution in [2.75, 3.05) is 11.1 Å². The molecule has 2 nitrogen and oxygen atoms in total. The maximum absolute atomic E-state index is 11.8. The standard InChI is InChI=1S/C15H14ClNOS/c1-11-5-7-14(8-6-11)19-10-15(18)17-13-4-2-3-12(16)9-13/h2-9H,10H2,1H3,(H,17,18). The van der Waals surface area contributed by atoms with Crippen molar-refractivity contribution >= 4 is 35.0 Å². The largest absolute Gasteiger partial charge is 0.325 e. The number of nitrogens with one attached hydrogen (secondary N) is 1. The van der Waals surface area contributed by atoms with E-state index in [1.807, 2.05) is 43.3 Å². The maximum atomic E-state index is 11.8. The second kappa shape index (κ2) is 6.64. The fourth-order valence-electron chi connectivity index (χ4n) is 1.55. The predicted octanol–water partition coefficient (Wildman–Crippen LogP) is 4.38. The van der Waals surface area contributed by atoms with Crippen LogP contribution in [0.25, 0.3) is 0 Å². The molecule has 0 aliphatic carbocycles. The van der Waals surface area contributed by atoms with Gasteiger partial charge in [-0.3, -0.25) is 4.79 Å². The lowest BCUT2D eigenvalue weighted by atomic mass is 10.2. The lowest BCUT2D eigenvalue weighted by Crippen LogP contribution is -2.13. The van der Waals surface area contributed by atoms with Crippen LogP contribution in [0, 0.1) is 6.92 Å². The number of carbonyl (C=O) groups excluding carboxylic acids is 1. The van der Waals surface area contributed by atoms with Gasteiger partial charge in [-0.1, -0.05) is 35.4 Å². The monoisotopic (exact) mass is 291 g/mol. The summed E-state index contributed by atoms with van der Waals surface area (Å²) in [5, 5.41) is 3.43. The molecule has 0 fully saturated rings. The van der Waals surface area contributed by atoms with Gasteiger partial charge >= 0.3 is 0 Å². The van der Waals surface area contributed by atoms with Crippen LogP contribution in [0.1, 0.15) is 5.56 Å². The summed E-state index contributed by atoms with van der Waals surface area (Å²) in [6.45, 7) is 2.04. The molecule has 0 aliphatic rings. The molecular formula is C15H14ClNOS. The Bertz CT molecular complexity index is 569. The van der Waals surface area contributed by atoms with Gasteiger partial charge in [0.15, 0.2) is 0 Å². The summed E-state index contributed by atoms with van der Waals surface area (Å²) in [7, 11) is 0. The Labute approximate surface area is 122 Å². The Balaban J connectivity index is 1.86. The number of aryl methyl sites for hydroxylation is 1. The first-order valence-electron chi connectivity index (χ1n) is 5.88. The van der Waals surface area contributed by atoms with Crippen LogP contribution < -0.4 is 5.32 Å². The minimum Gasteiger partial charge on any atom is -0.325 e. The molecule has 4 heteroatoms. The van der Waals surface area contributed by atoms with Crippen LogP contribution in [0.4, 0.5) is 5.69 Å². The van der Waals surface area contributed by atoms with Crippen LogP contribution in [-0.2, 0) is 4.79 Å². The first-order valence-corrected chi connectivity index (χ1v) is 7.25. The average Bonchev–Trinajstić information content (AvgIpc) is 2.38. The van der Waals surface area contributed by atoms with Gasteiger partial charge in [-0.05, 0) is 37.3 Å². The van der Waals surface area contributed by atoms with Crippen LogP contribution in [0.3, 0.4) is 0 Å². The summed E-state index contributed by atoms with van der Waals surface area (Å²) >= 11 is 7.38. The Morgan fingerprint density at radius 1 is 1.21 bits per heavy atom. The number of amides is 1. The highest BCUT2D eigenvalue weighted by molar-refractivity contribution is 8.00. The normalized spacial score (nSPS) is 10.2. The highest BCUT2D eigenvalue weighted by atomic mass is 35.5. The third-order valence-corrected chi connectivity index (χ3v) is 3.75. The Morgan fingerprint density at radius 2 is 1.95 bits per heavy atom. The summed E-state index contributed by atoms with van der Waals surface area (Å²) in [5.41, 5.74) is 1.94. The molecule has 0 radical (unpaired) electrons. The molecule has 2 aromatic carbocycles. The van der Waals surface area contributed by atoms with Crippen molar-refractivity contribution < 1.29 is 4.79 Å². The minimum atomic E-state index is -0.0344. The number of hydrogen-bond donors (Lipinski definition) is 1. The molecule has 0 saturated carbocycles. The van der Waals surface area contributed by atoms with Gasteiger partial charge in [0.2, 0.25) is 5.91 Å². The second-order valence-corrected chi connectivity index (χ2v) is 5.65. The van der Waals surface area contributed by atoms with E-state index in [4.69, 9.17) is 11.6 Å². The van der Waals surface area contributed by atoms with Crippen LogP contribution >= 0.6 is 23.4 Å². The van der Waals surface area contributed by atoms with Crippen molar-refractivity contribution in [3.05, 3.63) is 59.1 Å². The molecule has 0 atom stereocenters. The first kappa shape index (κ1) is 14.0. The summed E-state index contributed by atoms with van der Waals surface area (Å²) < 4.78 is 0. The number of benzene rings is 2. The molecule has 1 amide bonds. The van der Waals surface area contributed by atoms with E-state index in [1.54, 1.807) is 12.1 Å². The molecule has 0 aromatic heterocycles. The van der Waals surface area contributed by atoms with E-state index in [-0.39, 0.29) is 5.91 Å². The van der Waals surface area contributed by atoms with E-state index in [0.717, 1.165) is 10.6 Å². The van der Waals surface area contributed by atoms with E-state index in [0.29, 0.717) is 10.8 Å². The van der Waals surface area contributed by atoms with Crippen LogP contribution in [0.15, 0.2) is 53.4 Å².